The quantitative estimate of drug-likeness (QED) is 0.433. The van der Waals surface area contributed by atoms with Crippen LogP contribution in [0.2, 0.25) is 0 Å². The summed E-state index contributed by atoms with van der Waals surface area (Å²) in [7, 11) is 0. The molecule has 0 heterocycles. The summed E-state index contributed by atoms with van der Waals surface area (Å²) >= 11 is 1.57. The molecule has 5 nitrogen and oxygen atoms in total. The first kappa shape index (κ1) is 19.7. The van der Waals surface area contributed by atoms with Gasteiger partial charge in [-0.1, -0.05) is 24.3 Å². The van der Waals surface area contributed by atoms with Crippen LogP contribution >= 0.6 is 11.8 Å². The van der Waals surface area contributed by atoms with Crippen molar-refractivity contribution >= 4 is 35.1 Å². The van der Waals surface area contributed by atoms with Gasteiger partial charge >= 0.3 is 5.97 Å². The van der Waals surface area contributed by atoms with Gasteiger partial charge in [-0.2, -0.15) is 0 Å². The number of anilines is 1. The highest BCUT2D eigenvalue weighted by Gasteiger charge is 2.13. The fraction of sp³-hybridized carbons (Fsp3) is 0.211. The molecule has 0 bridgehead atoms. The molecule has 2 aromatic carbocycles. The summed E-state index contributed by atoms with van der Waals surface area (Å²) in [5.41, 5.74) is 0.533. The Morgan fingerprint density at radius 1 is 1.04 bits per heavy atom. The van der Waals surface area contributed by atoms with Crippen molar-refractivity contribution in [1.82, 2.24) is 0 Å². The second-order valence-electron chi connectivity index (χ2n) is 5.34. The number of ether oxygens (including phenoxy) is 1. The van der Waals surface area contributed by atoms with Crippen molar-refractivity contribution in [2.45, 2.75) is 17.7 Å². The third-order valence-electron chi connectivity index (χ3n) is 3.48. The van der Waals surface area contributed by atoms with E-state index in [0.29, 0.717) is 5.56 Å². The minimum absolute atomic E-state index is 0.00756. The van der Waals surface area contributed by atoms with Crippen molar-refractivity contribution in [2.75, 3.05) is 18.2 Å². The molecule has 0 unspecified atom stereocenters. The van der Waals surface area contributed by atoms with Gasteiger partial charge in [-0.3, -0.25) is 14.4 Å². The first-order valence-corrected chi connectivity index (χ1v) is 9.09. The largest absolute Gasteiger partial charge is 0.456 e. The molecule has 0 saturated heterocycles. The van der Waals surface area contributed by atoms with E-state index < -0.39 is 24.3 Å². The zero-order chi connectivity index (χ0) is 18.9. The van der Waals surface area contributed by atoms with Crippen molar-refractivity contribution < 1.29 is 23.5 Å². The number of rotatable bonds is 8. The van der Waals surface area contributed by atoms with Gasteiger partial charge in [0.15, 0.2) is 12.4 Å². The number of halogens is 1. The second kappa shape index (κ2) is 9.72. The molecule has 0 aliphatic heterocycles. The van der Waals surface area contributed by atoms with Crippen LogP contribution in [0.5, 0.6) is 0 Å². The van der Waals surface area contributed by atoms with E-state index in [0.717, 1.165) is 4.90 Å². The zero-order valence-electron chi connectivity index (χ0n) is 14.2. The van der Waals surface area contributed by atoms with E-state index in [1.54, 1.807) is 30.0 Å². The van der Waals surface area contributed by atoms with Gasteiger partial charge in [-0.25, -0.2) is 4.39 Å². The highest BCUT2D eigenvalue weighted by molar-refractivity contribution is 7.98. The summed E-state index contributed by atoms with van der Waals surface area (Å²) in [6, 6.07) is 12.8. The van der Waals surface area contributed by atoms with Crippen LogP contribution in [0.15, 0.2) is 53.4 Å². The lowest BCUT2D eigenvalue weighted by molar-refractivity contribution is -0.147. The van der Waals surface area contributed by atoms with E-state index in [9.17, 15) is 18.8 Å². The minimum atomic E-state index is -0.664. The van der Waals surface area contributed by atoms with Crippen molar-refractivity contribution in [2.24, 2.45) is 0 Å². The molecule has 0 saturated carbocycles. The number of carbonyl (C=O) groups is 3. The van der Waals surface area contributed by atoms with Crippen molar-refractivity contribution in [1.29, 1.82) is 0 Å². The Hall–Kier alpha value is -2.67. The summed E-state index contributed by atoms with van der Waals surface area (Å²) in [6.45, 7) is -0.538. The summed E-state index contributed by atoms with van der Waals surface area (Å²) in [6.07, 6.45) is 1.80. The summed E-state index contributed by atoms with van der Waals surface area (Å²) in [5.74, 6) is -2.07. The highest BCUT2D eigenvalue weighted by Crippen LogP contribution is 2.16. The number of nitrogens with one attached hydrogen (secondary N) is 1. The molecule has 0 aliphatic carbocycles. The van der Waals surface area contributed by atoms with Gasteiger partial charge in [0.05, 0.1) is 12.1 Å². The van der Waals surface area contributed by atoms with Crippen LogP contribution in [0.1, 0.15) is 23.2 Å². The Kier molecular flexibility index (Phi) is 7.35. The number of thioether (sulfide) groups is 1. The molecule has 0 fully saturated rings. The van der Waals surface area contributed by atoms with Crippen molar-refractivity contribution in [3.05, 3.63) is 59.9 Å². The van der Waals surface area contributed by atoms with Crippen LogP contribution in [0.3, 0.4) is 0 Å². The molecule has 0 atom stereocenters. The van der Waals surface area contributed by atoms with Crippen molar-refractivity contribution in [3.8, 4) is 0 Å². The lowest BCUT2D eigenvalue weighted by Crippen LogP contribution is -2.21. The fourth-order valence-corrected chi connectivity index (χ4v) is 2.51. The topological polar surface area (TPSA) is 72.5 Å². The number of para-hydroxylation sites is 1. The Bertz CT molecular complexity index is 792. The molecular weight excluding hydrogens is 357 g/mol. The van der Waals surface area contributed by atoms with Crippen LogP contribution in [0, 0.1) is 5.82 Å². The van der Waals surface area contributed by atoms with E-state index in [1.165, 1.54) is 18.2 Å². The molecule has 0 aromatic heterocycles. The van der Waals surface area contributed by atoms with Crippen LogP contribution in [0.4, 0.5) is 10.1 Å². The highest BCUT2D eigenvalue weighted by atomic mass is 32.2. The molecule has 2 aromatic rings. The monoisotopic (exact) mass is 375 g/mol. The van der Waals surface area contributed by atoms with Gasteiger partial charge in [0, 0.05) is 16.9 Å². The lowest BCUT2D eigenvalue weighted by atomic mass is 10.1. The number of benzene rings is 2. The van der Waals surface area contributed by atoms with Crippen LogP contribution < -0.4 is 5.32 Å². The van der Waals surface area contributed by atoms with Crippen LogP contribution in [-0.2, 0) is 14.3 Å². The van der Waals surface area contributed by atoms with E-state index in [2.05, 4.69) is 5.32 Å². The number of amides is 1. The Morgan fingerprint density at radius 3 is 2.38 bits per heavy atom. The predicted octanol–water partition coefficient (Wildman–Crippen LogP) is 3.69. The Labute approximate surface area is 154 Å². The predicted molar refractivity (Wildman–Crippen MR) is 97.8 cm³/mol. The lowest BCUT2D eigenvalue weighted by Gasteiger charge is -2.07. The second-order valence-corrected chi connectivity index (χ2v) is 6.22. The molecule has 26 heavy (non-hydrogen) atoms. The maximum atomic E-state index is 13.4. The number of carbonyl (C=O) groups excluding carboxylic acids is 3. The van der Waals surface area contributed by atoms with Gasteiger partial charge in [-0.05, 0) is 30.5 Å². The van der Waals surface area contributed by atoms with Gasteiger partial charge in [0.1, 0.15) is 5.82 Å². The molecule has 7 heteroatoms. The summed E-state index contributed by atoms with van der Waals surface area (Å²) in [5, 5.41) is 2.31. The number of esters is 1. The minimum Gasteiger partial charge on any atom is -0.456 e. The third-order valence-corrected chi connectivity index (χ3v) is 4.22. The van der Waals surface area contributed by atoms with E-state index in [-0.39, 0.29) is 24.3 Å². The molecule has 0 radical (unpaired) electrons. The van der Waals surface area contributed by atoms with E-state index >= 15 is 0 Å². The smallest absolute Gasteiger partial charge is 0.306 e. The first-order chi connectivity index (χ1) is 12.5. The molecule has 0 spiro atoms. The van der Waals surface area contributed by atoms with Crippen LogP contribution in [0.25, 0.3) is 0 Å². The normalized spacial score (nSPS) is 10.2. The van der Waals surface area contributed by atoms with Gasteiger partial charge in [0.25, 0.3) is 5.91 Å². The molecule has 1 amide bonds. The number of hydrogen-bond acceptors (Lipinski definition) is 5. The maximum absolute atomic E-state index is 13.4. The maximum Gasteiger partial charge on any atom is 0.306 e. The Balaban J connectivity index is 1.73. The molecule has 2 rings (SSSR count). The molecule has 136 valence electrons. The molecular formula is C19H18FNO4S. The fourth-order valence-electron chi connectivity index (χ4n) is 2.10. The number of Topliss-reactive ketones (excluding diaryl/α,β-unsaturated/α-hetero) is 1. The first-order valence-electron chi connectivity index (χ1n) is 7.87. The zero-order valence-corrected chi connectivity index (χ0v) is 15.0. The van der Waals surface area contributed by atoms with E-state index in [4.69, 9.17) is 4.74 Å². The third kappa shape index (κ3) is 6.00. The average Bonchev–Trinajstić information content (AvgIpc) is 2.66. The van der Waals surface area contributed by atoms with Gasteiger partial charge < -0.3 is 10.1 Å². The molecule has 0 aliphatic rings. The van der Waals surface area contributed by atoms with E-state index in [1.807, 2.05) is 18.4 Å². The SMILES string of the molecule is CSc1ccc(C(=O)CCC(=O)OCC(=O)Nc2ccccc2F)cc1. The number of hydrogen-bond donors (Lipinski definition) is 1. The Morgan fingerprint density at radius 2 is 1.73 bits per heavy atom. The summed E-state index contributed by atoms with van der Waals surface area (Å²) in [4.78, 5) is 36.4. The van der Waals surface area contributed by atoms with Gasteiger partial charge in [-0.15, -0.1) is 11.8 Å². The average molecular weight is 375 g/mol. The molecule has 1 N–H and O–H groups in total. The van der Waals surface area contributed by atoms with Gasteiger partial charge in [0.2, 0.25) is 0 Å². The standard InChI is InChI=1S/C19H18FNO4S/c1-26-14-8-6-13(7-9-14)17(22)10-11-19(24)25-12-18(23)21-16-5-3-2-4-15(16)20/h2-9H,10-12H2,1H3,(H,21,23). The van der Waals surface area contributed by atoms with Crippen molar-refractivity contribution in [3.63, 3.8) is 0 Å². The summed E-state index contributed by atoms with van der Waals surface area (Å²) < 4.78 is 18.2. The number of ketones is 1. The van der Waals surface area contributed by atoms with Crippen LogP contribution in [-0.4, -0.2) is 30.5 Å².